The molecular weight excluding hydrogens is 468 g/mol. The monoisotopic (exact) mass is 488 g/mol. The van der Waals surface area contributed by atoms with Crippen LogP contribution in [0.15, 0.2) is 47.4 Å². The molecule has 1 heterocycles. The minimum absolute atomic E-state index is 0.0969. The van der Waals surface area contributed by atoms with Gasteiger partial charge in [-0.25, -0.2) is 4.79 Å². The molecular formula is C23H21ClN2O6S. The van der Waals surface area contributed by atoms with Crippen molar-refractivity contribution in [3.63, 3.8) is 0 Å². The lowest BCUT2D eigenvalue weighted by atomic mass is 10.2. The van der Waals surface area contributed by atoms with Crippen molar-refractivity contribution in [2.75, 3.05) is 25.1 Å². The van der Waals surface area contributed by atoms with Gasteiger partial charge in [0.25, 0.3) is 11.1 Å². The molecule has 10 heteroatoms. The van der Waals surface area contributed by atoms with Gasteiger partial charge in [0.2, 0.25) is 5.91 Å². The SMILES string of the molecule is CCOC(=O)c1cc(NC(=O)CN2C(=O)S/C(=C\c3cccc(OCC)c3)C2=O)ccc1Cl. The minimum Gasteiger partial charge on any atom is -0.494 e. The van der Waals surface area contributed by atoms with Gasteiger partial charge in [-0.15, -0.1) is 0 Å². The third-order valence-corrected chi connectivity index (χ3v) is 5.62. The number of carbonyl (C=O) groups excluding carboxylic acids is 4. The number of esters is 1. The number of nitrogens with zero attached hydrogens (tertiary/aromatic N) is 1. The number of hydrogen-bond donors (Lipinski definition) is 1. The van der Waals surface area contributed by atoms with Crippen LogP contribution in [0, 0.1) is 0 Å². The van der Waals surface area contributed by atoms with Crippen molar-refractivity contribution in [1.82, 2.24) is 4.90 Å². The van der Waals surface area contributed by atoms with E-state index in [-0.39, 0.29) is 27.8 Å². The maximum atomic E-state index is 12.7. The lowest BCUT2D eigenvalue weighted by molar-refractivity contribution is -0.127. The van der Waals surface area contributed by atoms with E-state index in [1.54, 1.807) is 37.3 Å². The molecule has 0 atom stereocenters. The Balaban J connectivity index is 1.69. The van der Waals surface area contributed by atoms with E-state index in [0.29, 0.717) is 17.9 Å². The third-order valence-electron chi connectivity index (χ3n) is 4.39. The van der Waals surface area contributed by atoms with Crippen molar-refractivity contribution < 1.29 is 28.7 Å². The highest BCUT2D eigenvalue weighted by molar-refractivity contribution is 8.18. The molecule has 0 unspecified atom stereocenters. The average molecular weight is 489 g/mol. The van der Waals surface area contributed by atoms with E-state index in [2.05, 4.69) is 5.32 Å². The van der Waals surface area contributed by atoms with Gasteiger partial charge in [0.1, 0.15) is 12.3 Å². The molecule has 172 valence electrons. The number of halogens is 1. The van der Waals surface area contributed by atoms with Crippen LogP contribution in [0.5, 0.6) is 5.75 Å². The molecule has 3 amide bonds. The lowest BCUT2D eigenvalue weighted by Gasteiger charge is -2.13. The first-order valence-electron chi connectivity index (χ1n) is 10.1. The summed E-state index contributed by atoms with van der Waals surface area (Å²) in [5.74, 6) is -1.14. The molecule has 1 aliphatic rings. The highest BCUT2D eigenvalue weighted by Gasteiger charge is 2.36. The number of amides is 3. The van der Waals surface area contributed by atoms with E-state index < -0.39 is 29.6 Å². The Morgan fingerprint density at radius 3 is 2.64 bits per heavy atom. The van der Waals surface area contributed by atoms with E-state index in [9.17, 15) is 19.2 Å². The van der Waals surface area contributed by atoms with Crippen LogP contribution in [0.1, 0.15) is 29.8 Å². The number of carbonyl (C=O) groups is 4. The van der Waals surface area contributed by atoms with Crippen molar-refractivity contribution in [2.24, 2.45) is 0 Å². The number of anilines is 1. The zero-order valence-electron chi connectivity index (χ0n) is 17.9. The van der Waals surface area contributed by atoms with Gasteiger partial charge in [0.15, 0.2) is 0 Å². The first-order valence-corrected chi connectivity index (χ1v) is 11.3. The van der Waals surface area contributed by atoms with E-state index >= 15 is 0 Å². The molecule has 0 aliphatic carbocycles. The van der Waals surface area contributed by atoms with Crippen LogP contribution in [-0.2, 0) is 14.3 Å². The molecule has 0 bridgehead atoms. The predicted octanol–water partition coefficient (Wildman–Crippen LogP) is 4.59. The van der Waals surface area contributed by atoms with Gasteiger partial charge in [0, 0.05) is 5.69 Å². The molecule has 1 N–H and O–H groups in total. The van der Waals surface area contributed by atoms with Crippen molar-refractivity contribution in [3.8, 4) is 5.75 Å². The smallest absolute Gasteiger partial charge is 0.339 e. The van der Waals surface area contributed by atoms with Crippen LogP contribution >= 0.6 is 23.4 Å². The van der Waals surface area contributed by atoms with Crippen LogP contribution < -0.4 is 10.1 Å². The van der Waals surface area contributed by atoms with Crippen LogP contribution in [0.2, 0.25) is 5.02 Å². The zero-order chi connectivity index (χ0) is 24.0. The van der Waals surface area contributed by atoms with Crippen LogP contribution in [0.25, 0.3) is 6.08 Å². The van der Waals surface area contributed by atoms with Crippen LogP contribution in [-0.4, -0.2) is 47.7 Å². The standard InChI is InChI=1S/C23H21ClN2O6S/c1-3-31-16-7-5-6-14(10-16)11-19-21(28)26(23(30)33-19)13-20(27)25-15-8-9-18(24)17(12-15)22(29)32-4-2/h5-12H,3-4,13H2,1-2H3,(H,25,27)/b19-11-. The van der Waals surface area contributed by atoms with Gasteiger partial charge >= 0.3 is 5.97 Å². The van der Waals surface area contributed by atoms with Gasteiger partial charge in [-0.05, 0) is 67.6 Å². The summed E-state index contributed by atoms with van der Waals surface area (Å²) in [6.07, 6.45) is 1.58. The number of rotatable bonds is 8. The molecule has 0 aromatic heterocycles. The van der Waals surface area contributed by atoms with Crippen molar-refractivity contribution in [1.29, 1.82) is 0 Å². The molecule has 0 saturated carbocycles. The lowest BCUT2D eigenvalue weighted by Crippen LogP contribution is -2.36. The average Bonchev–Trinajstić information content (AvgIpc) is 3.03. The van der Waals surface area contributed by atoms with Gasteiger partial charge in [0.05, 0.1) is 28.7 Å². The number of thioether (sulfide) groups is 1. The molecule has 0 radical (unpaired) electrons. The highest BCUT2D eigenvalue weighted by Crippen LogP contribution is 2.32. The molecule has 8 nitrogen and oxygen atoms in total. The molecule has 2 aromatic carbocycles. The fourth-order valence-electron chi connectivity index (χ4n) is 2.96. The summed E-state index contributed by atoms with van der Waals surface area (Å²) in [6, 6.07) is 11.4. The van der Waals surface area contributed by atoms with Gasteiger partial charge in [-0.2, -0.15) is 0 Å². The molecule has 33 heavy (non-hydrogen) atoms. The molecule has 1 aliphatic heterocycles. The summed E-state index contributed by atoms with van der Waals surface area (Å²) in [6.45, 7) is 3.74. The fourth-order valence-corrected chi connectivity index (χ4v) is 3.99. The van der Waals surface area contributed by atoms with Crippen LogP contribution in [0.4, 0.5) is 10.5 Å². The van der Waals surface area contributed by atoms with E-state index in [0.717, 1.165) is 16.7 Å². The summed E-state index contributed by atoms with van der Waals surface area (Å²) in [5.41, 5.74) is 1.07. The number of imide groups is 1. The first kappa shape index (κ1) is 24.3. The second-order valence-electron chi connectivity index (χ2n) is 6.74. The summed E-state index contributed by atoms with van der Waals surface area (Å²) < 4.78 is 10.4. The number of benzene rings is 2. The molecule has 3 rings (SSSR count). The summed E-state index contributed by atoms with van der Waals surface area (Å²) in [7, 11) is 0. The third kappa shape index (κ3) is 6.15. The number of hydrogen-bond acceptors (Lipinski definition) is 7. The molecule has 2 aromatic rings. The Morgan fingerprint density at radius 2 is 1.91 bits per heavy atom. The van der Waals surface area contributed by atoms with Gasteiger partial charge in [-0.3, -0.25) is 19.3 Å². The number of nitrogens with one attached hydrogen (secondary N) is 1. The second kappa shape index (κ2) is 11.0. The van der Waals surface area contributed by atoms with Gasteiger partial charge < -0.3 is 14.8 Å². The van der Waals surface area contributed by atoms with E-state index in [1.165, 1.54) is 18.2 Å². The molecule has 1 saturated heterocycles. The Hall–Kier alpha value is -3.30. The predicted molar refractivity (Wildman–Crippen MR) is 126 cm³/mol. The van der Waals surface area contributed by atoms with Crippen LogP contribution in [0.3, 0.4) is 0 Å². The van der Waals surface area contributed by atoms with Gasteiger partial charge in [-0.1, -0.05) is 23.7 Å². The maximum absolute atomic E-state index is 12.7. The largest absolute Gasteiger partial charge is 0.494 e. The molecule has 0 spiro atoms. The highest BCUT2D eigenvalue weighted by atomic mass is 35.5. The Morgan fingerprint density at radius 1 is 1.12 bits per heavy atom. The zero-order valence-corrected chi connectivity index (χ0v) is 19.5. The molecule has 1 fully saturated rings. The Labute approximate surface area is 199 Å². The van der Waals surface area contributed by atoms with E-state index in [1.807, 2.05) is 6.92 Å². The normalized spacial score (nSPS) is 14.5. The Kier molecular flexibility index (Phi) is 8.13. The number of ether oxygens (including phenoxy) is 2. The van der Waals surface area contributed by atoms with Crippen molar-refractivity contribution in [2.45, 2.75) is 13.8 Å². The summed E-state index contributed by atoms with van der Waals surface area (Å²) >= 11 is 6.78. The quantitative estimate of drug-likeness (QED) is 0.428. The van der Waals surface area contributed by atoms with E-state index in [4.69, 9.17) is 21.1 Å². The summed E-state index contributed by atoms with van der Waals surface area (Å²) in [5, 5.41) is 2.19. The fraction of sp³-hybridized carbons (Fsp3) is 0.217. The van der Waals surface area contributed by atoms with Crippen molar-refractivity contribution >= 4 is 58.1 Å². The minimum atomic E-state index is -0.622. The van der Waals surface area contributed by atoms with Crippen molar-refractivity contribution in [3.05, 3.63) is 63.5 Å². The Bertz CT molecular complexity index is 1130. The topological polar surface area (TPSA) is 102 Å². The first-order chi connectivity index (χ1) is 15.8. The second-order valence-corrected chi connectivity index (χ2v) is 8.14. The summed E-state index contributed by atoms with van der Waals surface area (Å²) in [4.78, 5) is 50.6. The maximum Gasteiger partial charge on any atom is 0.339 e.